The van der Waals surface area contributed by atoms with Crippen LogP contribution in [0.15, 0.2) is 146 Å². The molecule has 5 atom stereocenters. The van der Waals surface area contributed by atoms with E-state index >= 15 is 0 Å². The van der Waals surface area contributed by atoms with Crippen LogP contribution in [0.25, 0.3) is 46.9 Å². The number of ether oxygens (including phenoxy) is 4. The van der Waals surface area contributed by atoms with Crippen LogP contribution >= 0.6 is 0 Å². The van der Waals surface area contributed by atoms with Crippen molar-refractivity contribution in [3.8, 4) is 18.0 Å². The third-order valence-electron chi connectivity index (χ3n) is 28.7. The fraction of sp³-hybridized carbons (Fsp3) is 0.471. The number of hydrogen-bond acceptors (Lipinski definition) is 22. The summed E-state index contributed by atoms with van der Waals surface area (Å²) in [5.74, 6) is -2.89. The van der Waals surface area contributed by atoms with Crippen LogP contribution in [0.3, 0.4) is 0 Å². The summed E-state index contributed by atoms with van der Waals surface area (Å²) in [5, 5.41) is 7.39. The first-order valence-electron chi connectivity index (χ1n) is 46.9. The molecule has 8 fully saturated rings. The van der Waals surface area contributed by atoms with Crippen molar-refractivity contribution >= 4 is 84.6 Å². The molecule has 13 heterocycles. The van der Waals surface area contributed by atoms with Gasteiger partial charge in [-0.3, -0.25) is 24.2 Å². The Morgan fingerprint density at radius 3 is 1.17 bits per heavy atom. The Labute approximate surface area is 775 Å². The summed E-state index contributed by atoms with van der Waals surface area (Å²) < 4.78 is 66.5. The second-order valence-electron chi connectivity index (χ2n) is 37.2. The van der Waals surface area contributed by atoms with Crippen molar-refractivity contribution in [2.75, 3.05) is 194 Å². The highest BCUT2D eigenvalue weighted by molar-refractivity contribution is 6.00. The molecule has 31 heteroatoms. The van der Waals surface area contributed by atoms with Gasteiger partial charge in [0.05, 0.1) is 48.9 Å². The summed E-state index contributed by atoms with van der Waals surface area (Å²) in [6.07, 6.45) is 10.4. The molecule has 20 rings (SSSR count). The summed E-state index contributed by atoms with van der Waals surface area (Å²) in [6.45, 7) is 53.4. The highest BCUT2D eigenvalue weighted by Crippen LogP contribution is 2.44. The van der Waals surface area contributed by atoms with E-state index < -0.39 is 53.3 Å². The molecule has 1 aliphatic carbocycles. The van der Waals surface area contributed by atoms with Gasteiger partial charge in [-0.1, -0.05) is 111 Å². The Morgan fingerprint density at radius 1 is 0.444 bits per heavy atom. The molecule has 7 saturated heterocycles. The van der Waals surface area contributed by atoms with E-state index in [1.807, 2.05) is 0 Å². The van der Waals surface area contributed by atoms with E-state index in [1.165, 1.54) is 106 Å². The lowest BCUT2D eigenvalue weighted by Crippen LogP contribution is -2.57. The van der Waals surface area contributed by atoms with Crippen molar-refractivity contribution in [1.82, 2.24) is 59.3 Å². The number of likely N-dealkylation sites (tertiary alicyclic amines) is 1. The molecule has 1 saturated carbocycles. The predicted molar refractivity (Wildman–Crippen MR) is 509 cm³/mol. The maximum Gasteiger partial charge on any atom is 0.318 e. The van der Waals surface area contributed by atoms with Crippen molar-refractivity contribution in [1.29, 1.82) is 0 Å². The maximum absolute atomic E-state index is 13.9. The van der Waals surface area contributed by atoms with Gasteiger partial charge in [0, 0.05) is 160 Å². The molecule has 11 aliphatic rings. The van der Waals surface area contributed by atoms with E-state index in [4.69, 9.17) is 68.6 Å². The summed E-state index contributed by atoms with van der Waals surface area (Å²) in [6, 6.07) is 39.2. The van der Waals surface area contributed by atoms with Crippen LogP contribution in [0.4, 0.5) is 47.7 Å². The van der Waals surface area contributed by atoms with Crippen LogP contribution in [0.2, 0.25) is 0 Å². The number of anilines is 6. The number of benzene rings is 6. The number of morpholine rings is 1. The van der Waals surface area contributed by atoms with Crippen molar-refractivity contribution in [3.05, 3.63) is 231 Å². The molecule has 0 N–H and O–H groups in total. The average molecular weight is 1810 g/mol. The fourth-order valence-electron chi connectivity index (χ4n) is 21.8. The minimum Gasteiger partial charge on any atom is -0.462 e. The number of aromatic nitrogens is 6. The standard InChI is InChI=1S/C35H40FN7O2.C34H38FN7O2.C33H38FN7O3/c1-24-8-4-9-26-10-5-11-30(31(24)26)40-17-12-28-29(22-40)38-34(45-23-35-13-6-15-42(35)16-7-14-35)39-32(28)41-18-19-43(33(44)25(2)36)27(21-41)20-37-3;1-22-6-4-7-24-8-5-9-30(31(22)24)39-14-13-28-29(20-39)37-34(44-21-26-12-15-41(26)25-10-11-25)38-32(28)40-16-17-42(33(43)23(2)35)27(19-40)18-36-3;1-22-7-5-8-24-9-6-10-29(30(22)24)39-12-11-27-28(20-39)36-33(44-21-26-19-38(4)15-16-43-26)37-31(27)40-13-14-41(32(42)23(2)34)25(18-40)17-35-3/h4-5,8-11,27H,2,6-7,12-23H2,1H3;4-9,25-27H,2,10-21H2,1H3;5-10,25-26H,2,11-21H2,1,4H3/t27-;26?,27-;25-,26?/m000/s1. The van der Waals surface area contributed by atoms with Crippen LogP contribution in [0, 0.1) is 40.5 Å². The minimum absolute atomic E-state index is 0.0624. The molecule has 0 radical (unpaired) electrons. The molecule has 10 aliphatic heterocycles. The van der Waals surface area contributed by atoms with E-state index in [9.17, 15) is 27.6 Å². The van der Waals surface area contributed by atoms with Crippen LogP contribution in [0.5, 0.6) is 18.0 Å². The first kappa shape index (κ1) is 90.8. The minimum atomic E-state index is -1.01. The van der Waals surface area contributed by atoms with Gasteiger partial charge in [0.15, 0.2) is 17.5 Å². The number of fused-ring (bicyclic) bond motifs is 7. The number of piperazine rings is 3. The fourth-order valence-corrected chi connectivity index (χ4v) is 21.8. The van der Waals surface area contributed by atoms with E-state index in [2.05, 4.69) is 215 Å². The van der Waals surface area contributed by atoms with E-state index in [0.717, 1.165) is 142 Å². The lowest BCUT2D eigenvalue weighted by atomic mass is 9.95. The number of rotatable bonds is 22. The number of hydrogen-bond donors (Lipinski definition) is 0. The Kier molecular flexibility index (Phi) is 27.0. The number of carbonyl (C=O) groups is 3. The first-order chi connectivity index (χ1) is 64.6. The van der Waals surface area contributed by atoms with Gasteiger partial charge >= 0.3 is 18.0 Å². The normalized spacial score (nSPS) is 21.2. The van der Waals surface area contributed by atoms with Gasteiger partial charge in [0.25, 0.3) is 17.7 Å². The number of nitrogens with zero attached hydrogens (tertiary/aromatic N) is 21. The quantitative estimate of drug-likeness (QED) is 0.0455. The number of amides is 3. The molecular formula is C102H116F3N21O7. The molecule has 0 spiro atoms. The number of likely N-dealkylation sites (N-methyl/N-ethyl adjacent to an activating group) is 1. The van der Waals surface area contributed by atoms with E-state index in [1.54, 1.807) is 0 Å². The summed E-state index contributed by atoms with van der Waals surface area (Å²) >= 11 is 0. The summed E-state index contributed by atoms with van der Waals surface area (Å²) in [5.41, 5.74) is 13.3. The molecule has 3 aromatic heterocycles. The number of halogens is 3. The molecule has 2 unspecified atom stereocenters. The molecule has 3 amide bonds. The zero-order chi connectivity index (χ0) is 92.3. The monoisotopic (exact) mass is 1800 g/mol. The SMILES string of the molecule is [C-]#[N+]C[C@H]1CN(c2nc(OCC34CCCN3CCC4)nc3c2CCN(c2cccc4cccc(C)c24)C3)CCN1C(=O)C(=C)F.[C-]#[N+]C[C@H]1CN(c2nc(OCC3CCN3C3CC3)nc3c2CCN(c2cccc4cccc(C)c24)C3)CCN1C(=O)C(=C)F.[C-]#[N+]C[C@H]1CN(c2nc(OCC3CN(C)CCO3)nc3c2CCN(c2cccc4cccc(C)c24)C3)CCN1C(=O)C(=C)F. The lowest BCUT2D eigenvalue weighted by Gasteiger charge is -2.41. The van der Waals surface area contributed by atoms with Gasteiger partial charge < -0.3 is 82.5 Å². The average Bonchev–Trinajstić information content (AvgIpc) is 1.60. The Bertz CT molecular complexity index is 5850. The van der Waals surface area contributed by atoms with Crippen molar-refractivity contribution in [3.63, 3.8) is 0 Å². The zero-order valence-electron chi connectivity index (χ0n) is 76.5. The van der Waals surface area contributed by atoms with Gasteiger partial charge in [-0.05, 0) is 156 Å². The van der Waals surface area contributed by atoms with Crippen LogP contribution in [-0.4, -0.2) is 283 Å². The molecule has 692 valence electrons. The molecular weight excluding hydrogens is 1690 g/mol. The Hall–Kier alpha value is -12.7. The van der Waals surface area contributed by atoms with Crippen LogP contribution in [0.1, 0.15) is 95.4 Å². The van der Waals surface area contributed by atoms with Crippen molar-refractivity contribution in [2.24, 2.45) is 0 Å². The highest BCUT2D eigenvalue weighted by atomic mass is 19.1. The molecule has 28 nitrogen and oxygen atoms in total. The third kappa shape index (κ3) is 19.2. The molecule has 133 heavy (non-hydrogen) atoms. The number of aryl methyl sites for hydroxylation is 3. The topological polar surface area (TPSA) is 217 Å². The molecule has 6 aromatic carbocycles. The van der Waals surface area contributed by atoms with Gasteiger partial charge in [0.1, 0.15) is 61.5 Å². The van der Waals surface area contributed by atoms with Gasteiger partial charge in [-0.15, -0.1) is 0 Å². The first-order valence-corrected chi connectivity index (χ1v) is 46.9. The second kappa shape index (κ2) is 39.6. The number of carbonyl (C=O) groups excluding carboxylic acids is 3. The van der Waals surface area contributed by atoms with Crippen LogP contribution < -0.4 is 43.6 Å². The maximum atomic E-state index is 13.9. The summed E-state index contributed by atoms with van der Waals surface area (Å²) in [4.78, 5) is 103. The highest BCUT2D eigenvalue weighted by Gasteiger charge is 2.47. The predicted octanol–water partition coefficient (Wildman–Crippen LogP) is 13.1. The largest absolute Gasteiger partial charge is 0.462 e. The van der Waals surface area contributed by atoms with Gasteiger partial charge in [-0.2, -0.15) is 29.9 Å². The van der Waals surface area contributed by atoms with Gasteiger partial charge in [-0.25, -0.2) is 32.9 Å². The van der Waals surface area contributed by atoms with Gasteiger partial charge in [0.2, 0.25) is 19.6 Å². The van der Waals surface area contributed by atoms with E-state index in [0.29, 0.717) is 109 Å². The smallest absolute Gasteiger partial charge is 0.318 e. The Morgan fingerprint density at radius 2 is 0.820 bits per heavy atom. The van der Waals surface area contributed by atoms with Crippen molar-refractivity contribution in [2.45, 2.75) is 146 Å². The lowest BCUT2D eigenvalue weighted by molar-refractivity contribution is -0.131. The molecule has 0 bridgehead atoms. The zero-order valence-corrected chi connectivity index (χ0v) is 76.5. The van der Waals surface area contributed by atoms with E-state index in [-0.39, 0.29) is 56.9 Å². The second-order valence-corrected chi connectivity index (χ2v) is 37.2. The summed E-state index contributed by atoms with van der Waals surface area (Å²) in [7, 11) is 2.06. The van der Waals surface area contributed by atoms with Crippen molar-refractivity contribution < 1.29 is 46.5 Å². The third-order valence-corrected chi connectivity index (χ3v) is 28.7. The molecule has 9 aromatic rings. The Balaban J connectivity index is 0.000000134. The van der Waals surface area contributed by atoms with Crippen LogP contribution in [-0.2, 0) is 58.0 Å².